The van der Waals surface area contributed by atoms with Gasteiger partial charge in [-0.05, 0) is 124 Å². The van der Waals surface area contributed by atoms with E-state index in [9.17, 15) is 47.9 Å². The van der Waals surface area contributed by atoms with Crippen molar-refractivity contribution in [3.05, 3.63) is 102 Å². The number of piperidine rings is 1. The van der Waals surface area contributed by atoms with Crippen LogP contribution >= 0.6 is 0 Å². The van der Waals surface area contributed by atoms with E-state index < -0.39 is 107 Å². The number of aryl methyl sites for hydroxylation is 1. The third-order valence-electron chi connectivity index (χ3n) is 16.4. The van der Waals surface area contributed by atoms with Gasteiger partial charge in [0.2, 0.25) is 41.2 Å². The van der Waals surface area contributed by atoms with E-state index in [0.717, 1.165) is 11.1 Å². The SMILES string of the molecule is COc1ccc(CC[C@H]2OC(=O)[C@@H]3CCCCN3C(=O)C(=O)C(C)(C)COC(=O)/C=C\CCN(C)C(=O)[C@@H]3CCCN3C(=O)[C@H](C(C)C)N(C)C(=O)[C@@H](Cc3ccccc3)NC(=O)[C@H](CC(C)C)N(C)C(=O)CCC(=O)Nc3cccc2c3)cc1OC. The number of rotatable bonds is 10. The van der Waals surface area contributed by atoms with E-state index in [2.05, 4.69) is 10.6 Å². The lowest BCUT2D eigenvalue weighted by Crippen LogP contribution is -2.60. The number of ether oxygens (including phenoxy) is 4. The molecule has 7 amide bonds. The number of ketones is 1. The minimum Gasteiger partial charge on any atom is -0.493 e. The van der Waals surface area contributed by atoms with Crippen molar-refractivity contribution in [3.8, 4) is 11.5 Å². The number of nitrogens with zero attached hydrogens (tertiary/aromatic N) is 5. The number of Topliss-reactive ketones (excluding diaryl/α,β-unsaturated/α-hetero) is 1. The van der Waals surface area contributed by atoms with Gasteiger partial charge in [-0.2, -0.15) is 0 Å². The number of anilines is 1. The average Bonchev–Trinajstić information content (AvgIpc) is 2.19. The molecule has 87 heavy (non-hydrogen) atoms. The fourth-order valence-electron chi connectivity index (χ4n) is 11.4. The Morgan fingerprint density at radius 2 is 1.40 bits per heavy atom. The van der Waals surface area contributed by atoms with Crippen molar-refractivity contribution in [2.45, 2.75) is 155 Å². The van der Waals surface area contributed by atoms with E-state index in [1.807, 2.05) is 70.2 Å². The van der Waals surface area contributed by atoms with E-state index in [0.29, 0.717) is 54.9 Å². The van der Waals surface area contributed by atoms with E-state index in [-0.39, 0.29) is 76.4 Å². The maximum absolute atomic E-state index is 14.9. The molecule has 2 saturated heterocycles. The molecule has 21 heteroatoms. The molecule has 2 N–H and O–H groups in total. The van der Waals surface area contributed by atoms with Gasteiger partial charge < -0.3 is 54.1 Å². The number of carbonyl (C=O) groups excluding carboxylic acids is 10. The van der Waals surface area contributed by atoms with Gasteiger partial charge in [0.25, 0.3) is 5.91 Å². The standard InChI is InChI=1S/C66H89N7O14/c1-42(2)37-51-60(78)68-48(38-44-21-13-12-14-22-44)61(79)71(9)58(43(3)4)63(81)72-36-20-26-49(72)62(80)69(7)34-17-16-27-57(76)86-41-66(5,6)59(77)64(82)73-35-18-15-25-50(73)65(83)87-52(30-28-45-29-31-53(84-10)54(39-45)85-11)46-23-19-24-47(40-46)67-55(74)32-33-56(75)70(51)8/h12-14,16,19,21-24,27,29,31,39-40,42-43,48-52,58H,15,17-18,20,25-26,28,30,32-38,41H2,1-11H3,(H,67,74)(H,68,78)/b27-16-/t48-,49+,50+,51+,52-,58+/m1/s1. The fraction of sp³-hybridized carbons (Fsp3) is 0.545. The van der Waals surface area contributed by atoms with Gasteiger partial charge in [-0.25, -0.2) is 9.59 Å². The Hall–Kier alpha value is -8.10. The van der Waals surface area contributed by atoms with Crippen LogP contribution < -0.4 is 20.1 Å². The highest BCUT2D eigenvalue weighted by Gasteiger charge is 2.45. The largest absolute Gasteiger partial charge is 0.493 e. The molecule has 3 aromatic rings. The molecule has 6 rings (SSSR count). The highest BCUT2D eigenvalue weighted by Crippen LogP contribution is 2.33. The molecule has 0 spiro atoms. The van der Waals surface area contributed by atoms with Gasteiger partial charge in [-0.15, -0.1) is 0 Å². The Morgan fingerprint density at radius 1 is 0.701 bits per heavy atom. The van der Waals surface area contributed by atoms with Crippen LogP contribution in [0.5, 0.6) is 11.5 Å². The monoisotopic (exact) mass is 1200 g/mol. The first kappa shape index (κ1) is 68.0. The molecule has 2 fully saturated rings. The van der Waals surface area contributed by atoms with Crippen LogP contribution in [0.1, 0.15) is 129 Å². The molecule has 0 saturated carbocycles. The number of amides is 7. The van der Waals surface area contributed by atoms with E-state index >= 15 is 0 Å². The number of likely N-dealkylation sites (N-methyl/N-ethyl adjacent to an activating group) is 3. The van der Waals surface area contributed by atoms with Crippen molar-refractivity contribution in [3.63, 3.8) is 0 Å². The number of cyclic esters (lactones) is 2. The number of carbonyl (C=O) groups is 10. The number of hydrogen-bond acceptors (Lipinski definition) is 14. The molecule has 3 aliphatic rings. The molecule has 0 aliphatic carbocycles. The summed E-state index contributed by atoms with van der Waals surface area (Å²) in [5, 5.41) is 5.82. The second-order valence-corrected chi connectivity index (χ2v) is 24.3. The van der Waals surface area contributed by atoms with Crippen LogP contribution in [-0.2, 0) is 70.3 Å². The number of fused-ring (bicyclic) bond motifs is 4. The maximum Gasteiger partial charge on any atom is 0.330 e. The van der Waals surface area contributed by atoms with Crippen LogP contribution in [0.25, 0.3) is 0 Å². The zero-order valence-corrected chi connectivity index (χ0v) is 52.5. The second-order valence-electron chi connectivity index (χ2n) is 24.3. The molecule has 0 unspecified atom stereocenters. The zero-order valence-electron chi connectivity index (χ0n) is 52.5. The van der Waals surface area contributed by atoms with Gasteiger partial charge >= 0.3 is 11.9 Å². The summed E-state index contributed by atoms with van der Waals surface area (Å²) in [6.07, 6.45) is 4.58. The molecule has 0 radical (unpaired) electrons. The number of nitrogens with one attached hydrogen (secondary N) is 2. The Labute approximate surface area is 511 Å². The molecule has 3 aromatic carbocycles. The van der Waals surface area contributed by atoms with Crippen LogP contribution in [0.4, 0.5) is 5.69 Å². The average molecular weight is 1200 g/mol. The summed E-state index contributed by atoms with van der Waals surface area (Å²) in [7, 11) is 7.66. The number of methoxy groups -OCH3 is 2. The highest BCUT2D eigenvalue weighted by atomic mass is 16.5. The fourth-order valence-corrected chi connectivity index (χ4v) is 11.4. The molecule has 2 bridgehead atoms. The molecular weight excluding hydrogens is 1110 g/mol. The van der Waals surface area contributed by atoms with Crippen molar-refractivity contribution in [2.75, 3.05) is 66.9 Å². The molecule has 472 valence electrons. The number of benzene rings is 3. The second kappa shape index (κ2) is 31.5. The smallest absolute Gasteiger partial charge is 0.330 e. The van der Waals surface area contributed by atoms with Crippen LogP contribution in [0.15, 0.2) is 84.9 Å². The minimum absolute atomic E-state index is 0.0584. The van der Waals surface area contributed by atoms with Crippen molar-refractivity contribution in [1.29, 1.82) is 0 Å². The van der Waals surface area contributed by atoms with Gasteiger partial charge in [0.15, 0.2) is 11.5 Å². The van der Waals surface area contributed by atoms with E-state index in [4.69, 9.17) is 18.9 Å². The van der Waals surface area contributed by atoms with Gasteiger partial charge in [-0.3, -0.25) is 38.4 Å². The third kappa shape index (κ3) is 18.2. The van der Waals surface area contributed by atoms with E-state index in [1.165, 1.54) is 78.8 Å². The summed E-state index contributed by atoms with van der Waals surface area (Å²) < 4.78 is 22.8. The molecule has 21 nitrogen and oxygen atoms in total. The third-order valence-corrected chi connectivity index (χ3v) is 16.4. The van der Waals surface area contributed by atoms with Crippen LogP contribution in [0, 0.1) is 17.3 Å². The van der Waals surface area contributed by atoms with Gasteiger partial charge in [0.05, 0.1) is 19.6 Å². The topological polar surface area (TPSA) is 248 Å². The van der Waals surface area contributed by atoms with E-state index in [1.54, 1.807) is 37.4 Å². The summed E-state index contributed by atoms with van der Waals surface area (Å²) in [4.78, 5) is 149. The van der Waals surface area contributed by atoms with Gasteiger partial charge in [-0.1, -0.05) is 82.3 Å². The zero-order chi connectivity index (χ0) is 63.7. The predicted molar refractivity (Wildman–Crippen MR) is 326 cm³/mol. The number of hydrogen-bond donors (Lipinski definition) is 2. The van der Waals surface area contributed by atoms with Crippen molar-refractivity contribution < 1.29 is 66.9 Å². The summed E-state index contributed by atoms with van der Waals surface area (Å²) in [6.45, 7) is 10.5. The molecule has 0 aromatic heterocycles. The first-order chi connectivity index (χ1) is 41.3. The molecule has 3 heterocycles. The first-order valence-corrected chi connectivity index (χ1v) is 30.3. The first-order valence-electron chi connectivity index (χ1n) is 30.3. The Kier molecular flexibility index (Phi) is 24.6. The quantitative estimate of drug-likeness (QED) is 0.159. The van der Waals surface area contributed by atoms with Crippen LogP contribution in [0.3, 0.4) is 0 Å². The van der Waals surface area contributed by atoms with Crippen LogP contribution in [-0.4, -0.2) is 175 Å². The summed E-state index contributed by atoms with van der Waals surface area (Å²) in [5.74, 6) is -5.70. The minimum atomic E-state index is -1.50. The Balaban J connectivity index is 1.32. The molecular formula is C66H89N7O14. The Morgan fingerprint density at radius 3 is 2.09 bits per heavy atom. The lowest BCUT2D eigenvalue weighted by molar-refractivity contribution is -0.165. The molecule has 3 aliphatic heterocycles. The van der Waals surface area contributed by atoms with Gasteiger partial charge in [0.1, 0.15) is 42.9 Å². The number of esters is 2. The van der Waals surface area contributed by atoms with Crippen LogP contribution in [0.2, 0.25) is 0 Å². The normalized spacial score (nSPS) is 23.9. The lowest BCUT2D eigenvalue weighted by atomic mass is 9.87. The highest BCUT2D eigenvalue weighted by molar-refractivity contribution is 6.38. The van der Waals surface area contributed by atoms with Crippen molar-refractivity contribution in [1.82, 2.24) is 29.8 Å². The van der Waals surface area contributed by atoms with Crippen molar-refractivity contribution >= 4 is 64.8 Å². The summed E-state index contributed by atoms with van der Waals surface area (Å²) in [6, 6.07) is 16.1. The van der Waals surface area contributed by atoms with Crippen molar-refractivity contribution in [2.24, 2.45) is 17.3 Å². The lowest BCUT2D eigenvalue weighted by Gasteiger charge is -2.38. The Bertz CT molecular complexity index is 2980. The maximum atomic E-state index is 14.9. The summed E-state index contributed by atoms with van der Waals surface area (Å²) >= 11 is 0. The van der Waals surface area contributed by atoms with Gasteiger partial charge in [0, 0.05) is 71.8 Å². The molecule has 6 atom stereocenters. The predicted octanol–water partition coefficient (Wildman–Crippen LogP) is 6.65. The summed E-state index contributed by atoms with van der Waals surface area (Å²) in [5.41, 5.74) is 0.916.